The Morgan fingerprint density at radius 3 is 2.53 bits per heavy atom. The van der Waals surface area contributed by atoms with Gasteiger partial charge in [0.2, 0.25) is 0 Å². The lowest BCUT2D eigenvalue weighted by atomic mass is 9.89. The Bertz CT molecular complexity index is 310. The van der Waals surface area contributed by atoms with Gasteiger partial charge in [-0.05, 0) is 30.5 Å². The maximum atomic E-state index is 9.39. The van der Waals surface area contributed by atoms with Crippen molar-refractivity contribution < 1.29 is 9.84 Å². The van der Waals surface area contributed by atoms with E-state index < -0.39 is 0 Å². The van der Waals surface area contributed by atoms with E-state index in [4.69, 9.17) is 4.74 Å². The van der Waals surface area contributed by atoms with Crippen LogP contribution in [0.5, 0.6) is 5.75 Å². The highest BCUT2D eigenvalue weighted by Crippen LogP contribution is 2.20. The minimum atomic E-state index is -0.150. The number of nitrogens with one attached hydrogen (secondary N) is 1. The van der Waals surface area contributed by atoms with Crippen molar-refractivity contribution in [3.05, 3.63) is 29.8 Å². The zero-order chi connectivity index (χ0) is 10.7. The largest absolute Gasteiger partial charge is 0.497 e. The topological polar surface area (TPSA) is 41.5 Å². The van der Waals surface area contributed by atoms with Gasteiger partial charge in [-0.15, -0.1) is 0 Å². The van der Waals surface area contributed by atoms with Crippen molar-refractivity contribution >= 4 is 0 Å². The van der Waals surface area contributed by atoms with Gasteiger partial charge in [0.1, 0.15) is 5.75 Å². The first-order valence-electron chi connectivity index (χ1n) is 5.34. The molecule has 2 rings (SSSR count). The van der Waals surface area contributed by atoms with Crippen molar-refractivity contribution in [3.63, 3.8) is 0 Å². The Balaban J connectivity index is 1.82. The van der Waals surface area contributed by atoms with Gasteiger partial charge in [0.05, 0.1) is 13.2 Å². The monoisotopic (exact) mass is 207 g/mol. The van der Waals surface area contributed by atoms with Crippen molar-refractivity contribution in [2.24, 2.45) is 0 Å². The minimum absolute atomic E-state index is 0.150. The summed E-state index contributed by atoms with van der Waals surface area (Å²) in [7, 11) is 1.66. The predicted octanol–water partition coefficient (Wildman–Crippen LogP) is 1.31. The van der Waals surface area contributed by atoms with Gasteiger partial charge in [0, 0.05) is 12.6 Å². The first-order valence-corrected chi connectivity index (χ1v) is 5.34. The fraction of sp³-hybridized carbons (Fsp3) is 0.500. The van der Waals surface area contributed by atoms with E-state index >= 15 is 0 Å². The van der Waals surface area contributed by atoms with Gasteiger partial charge >= 0.3 is 0 Å². The van der Waals surface area contributed by atoms with Crippen LogP contribution in [0.2, 0.25) is 0 Å². The standard InChI is InChI=1S/C12H17NO2/c1-15-10-4-2-9(3-5-10)8-13-11-6-7-12(11)14/h2-5,11-14H,6-8H2,1H3/t11-,12-/m1/s1. The Hall–Kier alpha value is -1.06. The summed E-state index contributed by atoms with van der Waals surface area (Å²) in [6, 6.07) is 8.27. The number of benzene rings is 1. The predicted molar refractivity (Wildman–Crippen MR) is 58.9 cm³/mol. The van der Waals surface area contributed by atoms with Gasteiger partial charge < -0.3 is 15.2 Å². The second kappa shape index (κ2) is 4.64. The van der Waals surface area contributed by atoms with Crippen LogP contribution in [0.4, 0.5) is 0 Å². The van der Waals surface area contributed by atoms with Crippen LogP contribution in [-0.4, -0.2) is 24.4 Å². The van der Waals surface area contributed by atoms with Crippen molar-refractivity contribution in [2.75, 3.05) is 7.11 Å². The van der Waals surface area contributed by atoms with Crippen LogP contribution in [0.15, 0.2) is 24.3 Å². The second-order valence-electron chi connectivity index (χ2n) is 3.98. The molecule has 0 spiro atoms. The van der Waals surface area contributed by atoms with E-state index in [-0.39, 0.29) is 12.1 Å². The van der Waals surface area contributed by atoms with Gasteiger partial charge in [-0.2, -0.15) is 0 Å². The van der Waals surface area contributed by atoms with Crippen LogP contribution in [-0.2, 0) is 6.54 Å². The molecule has 0 amide bonds. The van der Waals surface area contributed by atoms with Gasteiger partial charge in [0.15, 0.2) is 0 Å². The molecular formula is C12H17NO2. The number of rotatable bonds is 4. The molecule has 1 saturated carbocycles. The first-order chi connectivity index (χ1) is 7.29. The number of ether oxygens (including phenoxy) is 1. The van der Waals surface area contributed by atoms with E-state index in [0.717, 1.165) is 25.1 Å². The third kappa shape index (κ3) is 2.49. The molecule has 0 saturated heterocycles. The lowest BCUT2D eigenvalue weighted by Gasteiger charge is -2.33. The number of aliphatic hydroxyl groups excluding tert-OH is 1. The van der Waals surface area contributed by atoms with E-state index in [2.05, 4.69) is 5.32 Å². The Morgan fingerprint density at radius 1 is 1.33 bits per heavy atom. The lowest BCUT2D eigenvalue weighted by molar-refractivity contribution is 0.0493. The van der Waals surface area contributed by atoms with Crippen LogP contribution in [0.3, 0.4) is 0 Å². The van der Waals surface area contributed by atoms with Gasteiger partial charge in [-0.3, -0.25) is 0 Å². The molecule has 1 aromatic carbocycles. The van der Waals surface area contributed by atoms with Gasteiger partial charge in [-0.25, -0.2) is 0 Å². The maximum Gasteiger partial charge on any atom is 0.118 e. The molecule has 2 atom stereocenters. The molecule has 3 heteroatoms. The number of hydrogen-bond acceptors (Lipinski definition) is 3. The van der Waals surface area contributed by atoms with E-state index in [1.54, 1.807) is 7.11 Å². The molecule has 1 aliphatic rings. The molecule has 0 radical (unpaired) electrons. The molecular weight excluding hydrogens is 190 g/mol. The summed E-state index contributed by atoms with van der Waals surface area (Å²) in [5, 5.41) is 12.7. The molecule has 1 fully saturated rings. The fourth-order valence-corrected chi connectivity index (χ4v) is 1.71. The summed E-state index contributed by atoms with van der Waals surface area (Å²) in [5.74, 6) is 0.877. The average Bonchev–Trinajstić information content (AvgIpc) is 2.28. The Morgan fingerprint density at radius 2 is 2.07 bits per heavy atom. The zero-order valence-electron chi connectivity index (χ0n) is 8.94. The van der Waals surface area contributed by atoms with Crippen LogP contribution in [0.25, 0.3) is 0 Å². The minimum Gasteiger partial charge on any atom is -0.497 e. The molecule has 0 bridgehead atoms. The Labute approximate surface area is 90.1 Å². The maximum absolute atomic E-state index is 9.39. The van der Waals surface area contributed by atoms with Crippen molar-refractivity contribution in [2.45, 2.75) is 31.5 Å². The summed E-state index contributed by atoms with van der Waals surface area (Å²) in [4.78, 5) is 0. The highest BCUT2D eigenvalue weighted by Gasteiger charge is 2.27. The third-order valence-electron chi connectivity index (χ3n) is 2.97. The molecule has 0 unspecified atom stereocenters. The average molecular weight is 207 g/mol. The summed E-state index contributed by atoms with van der Waals surface area (Å²) in [6.07, 6.45) is 1.86. The molecule has 82 valence electrons. The number of hydrogen-bond donors (Lipinski definition) is 2. The van der Waals surface area contributed by atoms with E-state index in [0.29, 0.717) is 0 Å². The van der Waals surface area contributed by atoms with Gasteiger partial charge in [0.25, 0.3) is 0 Å². The van der Waals surface area contributed by atoms with Crippen LogP contribution < -0.4 is 10.1 Å². The summed E-state index contributed by atoms with van der Waals surface area (Å²) >= 11 is 0. The summed E-state index contributed by atoms with van der Waals surface area (Å²) in [6.45, 7) is 0.811. The third-order valence-corrected chi connectivity index (χ3v) is 2.97. The van der Waals surface area contributed by atoms with Crippen LogP contribution >= 0.6 is 0 Å². The molecule has 0 aromatic heterocycles. The molecule has 2 N–H and O–H groups in total. The van der Waals surface area contributed by atoms with E-state index in [1.165, 1.54) is 5.56 Å². The molecule has 3 nitrogen and oxygen atoms in total. The molecule has 0 aliphatic heterocycles. The van der Waals surface area contributed by atoms with Crippen LogP contribution in [0.1, 0.15) is 18.4 Å². The quantitative estimate of drug-likeness (QED) is 0.782. The van der Waals surface area contributed by atoms with Crippen molar-refractivity contribution in [1.82, 2.24) is 5.32 Å². The Kier molecular flexibility index (Phi) is 3.23. The van der Waals surface area contributed by atoms with Crippen molar-refractivity contribution in [3.8, 4) is 5.75 Å². The SMILES string of the molecule is COc1ccc(CN[C@@H]2CC[C@H]2O)cc1. The van der Waals surface area contributed by atoms with Crippen molar-refractivity contribution in [1.29, 1.82) is 0 Å². The molecule has 15 heavy (non-hydrogen) atoms. The lowest BCUT2D eigenvalue weighted by Crippen LogP contribution is -2.47. The zero-order valence-corrected chi connectivity index (χ0v) is 8.94. The molecule has 0 heterocycles. The molecule has 1 aliphatic carbocycles. The summed E-state index contributed by atoms with van der Waals surface area (Å²) < 4.78 is 5.08. The number of aliphatic hydroxyl groups is 1. The first kappa shape index (κ1) is 10.5. The van der Waals surface area contributed by atoms with E-state index in [1.807, 2.05) is 24.3 Å². The highest BCUT2D eigenvalue weighted by molar-refractivity contribution is 5.27. The van der Waals surface area contributed by atoms with E-state index in [9.17, 15) is 5.11 Å². The fourth-order valence-electron chi connectivity index (χ4n) is 1.71. The molecule has 1 aromatic rings. The smallest absolute Gasteiger partial charge is 0.118 e. The van der Waals surface area contributed by atoms with Gasteiger partial charge in [-0.1, -0.05) is 12.1 Å². The number of methoxy groups -OCH3 is 1. The summed E-state index contributed by atoms with van der Waals surface area (Å²) in [5.41, 5.74) is 1.22. The second-order valence-corrected chi connectivity index (χ2v) is 3.98. The highest BCUT2D eigenvalue weighted by atomic mass is 16.5. The normalized spacial score (nSPS) is 24.7. The van der Waals surface area contributed by atoms with Crippen LogP contribution in [0, 0.1) is 0 Å².